The van der Waals surface area contributed by atoms with E-state index in [4.69, 9.17) is 4.74 Å². The van der Waals surface area contributed by atoms with Crippen LogP contribution in [-0.2, 0) is 18.2 Å². The monoisotopic (exact) mass is 277 g/mol. The van der Waals surface area contributed by atoms with Crippen LogP contribution < -0.4 is 5.32 Å². The van der Waals surface area contributed by atoms with Crippen molar-refractivity contribution in [3.05, 3.63) is 17.5 Å². The summed E-state index contributed by atoms with van der Waals surface area (Å²) in [5.74, 6) is 0.670. The number of nitrogens with zero attached hydrogens (tertiary/aromatic N) is 2. The second-order valence-electron chi connectivity index (χ2n) is 6.46. The minimum atomic E-state index is 0.215. The Balaban J connectivity index is 1.81. The van der Waals surface area contributed by atoms with Crippen molar-refractivity contribution >= 4 is 0 Å². The van der Waals surface area contributed by atoms with E-state index in [1.54, 1.807) is 0 Å². The molecular formula is C16H27N3O. The Labute approximate surface area is 121 Å². The average Bonchev–Trinajstić information content (AvgIpc) is 2.79. The topological polar surface area (TPSA) is 39.1 Å². The lowest BCUT2D eigenvalue weighted by Crippen LogP contribution is -2.47. The van der Waals surface area contributed by atoms with Gasteiger partial charge in [0, 0.05) is 31.5 Å². The van der Waals surface area contributed by atoms with E-state index in [2.05, 4.69) is 30.6 Å². The van der Waals surface area contributed by atoms with E-state index in [0.717, 1.165) is 19.4 Å². The van der Waals surface area contributed by atoms with Gasteiger partial charge in [-0.15, -0.1) is 0 Å². The van der Waals surface area contributed by atoms with Crippen molar-refractivity contribution < 1.29 is 4.74 Å². The van der Waals surface area contributed by atoms with E-state index in [-0.39, 0.29) is 5.60 Å². The Hall–Kier alpha value is -0.870. The largest absolute Gasteiger partial charge is 0.375 e. The molecule has 1 saturated carbocycles. The Morgan fingerprint density at radius 3 is 2.95 bits per heavy atom. The fourth-order valence-electron chi connectivity index (χ4n) is 4.00. The molecule has 1 aromatic rings. The Morgan fingerprint density at radius 1 is 1.55 bits per heavy atom. The minimum Gasteiger partial charge on any atom is -0.375 e. The van der Waals surface area contributed by atoms with Gasteiger partial charge in [-0.05, 0) is 51.5 Å². The summed E-state index contributed by atoms with van der Waals surface area (Å²) in [5.41, 5.74) is 2.84. The lowest BCUT2D eigenvalue weighted by Gasteiger charge is -2.48. The number of hydrogen-bond acceptors (Lipinski definition) is 3. The molecule has 4 nitrogen and oxygen atoms in total. The van der Waals surface area contributed by atoms with Crippen LogP contribution in [0.3, 0.4) is 0 Å². The molecule has 0 bridgehead atoms. The van der Waals surface area contributed by atoms with Crippen molar-refractivity contribution in [1.82, 2.24) is 15.1 Å². The molecule has 1 spiro atoms. The van der Waals surface area contributed by atoms with Crippen LogP contribution >= 0.6 is 0 Å². The maximum Gasteiger partial charge on any atom is 0.0686 e. The summed E-state index contributed by atoms with van der Waals surface area (Å²) in [4.78, 5) is 0. The summed E-state index contributed by atoms with van der Waals surface area (Å²) >= 11 is 0. The summed E-state index contributed by atoms with van der Waals surface area (Å²) in [5, 5.41) is 8.16. The smallest absolute Gasteiger partial charge is 0.0686 e. The van der Waals surface area contributed by atoms with Crippen molar-refractivity contribution in [3.63, 3.8) is 0 Å². The van der Waals surface area contributed by atoms with Gasteiger partial charge in [-0.2, -0.15) is 5.10 Å². The van der Waals surface area contributed by atoms with E-state index in [1.807, 2.05) is 11.7 Å². The SMILES string of the molecule is CCc1nn(C)cc1C(NC)C1CCOC2(CCC2)C1. The molecule has 1 aliphatic heterocycles. The second kappa shape index (κ2) is 5.49. The summed E-state index contributed by atoms with van der Waals surface area (Å²) in [6.07, 6.45) is 9.42. The summed E-state index contributed by atoms with van der Waals surface area (Å²) < 4.78 is 8.03. The molecule has 2 fully saturated rings. The van der Waals surface area contributed by atoms with E-state index in [9.17, 15) is 0 Å². The molecule has 2 unspecified atom stereocenters. The van der Waals surface area contributed by atoms with Crippen molar-refractivity contribution in [2.24, 2.45) is 13.0 Å². The Kier molecular flexibility index (Phi) is 3.87. The van der Waals surface area contributed by atoms with E-state index in [1.165, 1.54) is 36.9 Å². The zero-order chi connectivity index (χ0) is 14.2. The second-order valence-corrected chi connectivity index (χ2v) is 6.46. The van der Waals surface area contributed by atoms with Crippen LogP contribution in [0.25, 0.3) is 0 Å². The first kappa shape index (κ1) is 14.1. The molecule has 1 aromatic heterocycles. The van der Waals surface area contributed by atoms with E-state index in [0.29, 0.717) is 12.0 Å². The highest BCUT2D eigenvalue weighted by Crippen LogP contribution is 2.47. The minimum absolute atomic E-state index is 0.215. The third-order valence-electron chi connectivity index (χ3n) is 5.19. The predicted molar refractivity (Wildman–Crippen MR) is 79.6 cm³/mol. The molecule has 0 aromatic carbocycles. The Morgan fingerprint density at radius 2 is 2.35 bits per heavy atom. The van der Waals surface area contributed by atoms with Gasteiger partial charge >= 0.3 is 0 Å². The quantitative estimate of drug-likeness (QED) is 0.919. The van der Waals surface area contributed by atoms with E-state index < -0.39 is 0 Å². The zero-order valence-electron chi connectivity index (χ0n) is 13.0. The van der Waals surface area contributed by atoms with Crippen molar-refractivity contribution in [2.75, 3.05) is 13.7 Å². The fourth-order valence-corrected chi connectivity index (χ4v) is 4.00. The lowest BCUT2D eigenvalue weighted by atomic mass is 9.69. The molecule has 0 radical (unpaired) electrons. The zero-order valence-corrected chi connectivity index (χ0v) is 13.0. The molecule has 1 aliphatic carbocycles. The third-order valence-corrected chi connectivity index (χ3v) is 5.19. The van der Waals surface area contributed by atoms with Crippen LogP contribution in [-0.4, -0.2) is 29.0 Å². The molecule has 3 rings (SSSR count). The molecule has 2 heterocycles. The van der Waals surface area contributed by atoms with Crippen LogP contribution in [0.2, 0.25) is 0 Å². The maximum atomic E-state index is 6.08. The van der Waals surface area contributed by atoms with Gasteiger partial charge in [0.1, 0.15) is 0 Å². The van der Waals surface area contributed by atoms with Crippen LogP contribution in [0.1, 0.15) is 56.3 Å². The number of rotatable bonds is 4. The van der Waals surface area contributed by atoms with Crippen LogP contribution in [0, 0.1) is 5.92 Å². The number of hydrogen-bond donors (Lipinski definition) is 1. The van der Waals surface area contributed by atoms with Crippen molar-refractivity contribution in [3.8, 4) is 0 Å². The van der Waals surface area contributed by atoms with Crippen LogP contribution in [0.15, 0.2) is 6.20 Å². The molecular weight excluding hydrogens is 250 g/mol. The summed E-state index contributed by atoms with van der Waals surface area (Å²) in [7, 11) is 4.10. The fraction of sp³-hybridized carbons (Fsp3) is 0.812. The number of aryl methyl sites for hydroxylation is 2. The number of ether oxygens (including phenoxy) is 1. The first-order chi connectivity index (χ1) is 9.67. The van der Waals surface area contributed by atoms with Gasteiger partial charge in [0.05, 0.1) is 11.3 Å². The first-order valence-electron chi connectivity index (χ1n) is 8.01. The van der Waals surface area contributed by atoms with Gasteiger partial charge in [0.25, 0.3) is 0 Å². The van der Waals surface area contributed by atoms with Crippen molar-refractivity contribution in [2.45, 2.75) is 57.1 Å². The summed E-state index contributed by atoms with van der Waals surface area (Å²) in [6, 6.07) is 0.417. The molecule has 1 N–H and O–H groups in total. The highest BCUT2D eigenvalue weighted by molar-refractivity contribution is 5.23. The normalized spacial score (nSPS) is 26.4. The molecule has 2 atom stereocenters. The number of nitrogens with one attached hydrogen (secondary N) is 1. The van der Waals surface area contributed by atoms with Crippen molar-refractivity contribution in [1.29, 1.82) is 0 Å². The predicted octanol–water partition coefficient (Wildman–Crippen LogP) is 2.59. The molecule has 4 heteroatoms. The van der Waals surface area contributed by atoms with Gasteiger partial charge in [0.2, 0.25) is 0 Å². The highest BCUT2D eigenvalue weighted by Gasteiger charge is 2.44. The van der Waals surface area contributed by atoms with Gasteiger partial charge in [-0.3, -0.25) is 4.68 Å². The molecule has 112 valence electrons. The van der Waals surface area contributed by atoms with Gasteiger partial charge in [-0.1, -0.05) is 6.92 Å². The molecule has 1 saturated heterocycles. The molecule has 2 aliphatic rings. The molecule has 0 amide bonds. The summed E-state index contributed by atoms with van der Waals surface area (Å²) in [6.45, 7) is 3.11. The van der Waals surface area contributed by atoms with Gasteiger partial charge < -0.3 is 10.1 Å². The van der Waals surface area contributed by atoms with Gasteiger partial charge in [-0.25, -0.2) is 0 Å². The third kappa shape index (κ3) is 2.40. The standard InChI is InChI=1S/C16H27N3O/c1-4-14-13(11-19(3)18-14)15(17-2)12-6-9-20-16(10-12)7-5-8-16/h11-12,15,17H,4-10H2,1-3H3. The van der Waals surface area contributed by atoms with Crippen LogP contribution in [0.5, 0.6) is 0 Å². The van der Waals surface area contributed by atoms with E-state index >= 15 is 0 Å². The number of aromatic nitrogens is 2. The first-order valence-corrected chi connectivity index (χ1v) is 8.01. The molecule has 20 heavy (non-hydrogen) atoms. The lowest BCUT2D eigenvalue weighted by molar-refractivity contribution is -0.147. The average molecular weight is 277 g/mol. The maximum absolute atomic E-state index is 6.08. The van der Waals surface area contributed by atoms with Crippen LogP contribution in [0.4, 0.5) is 0 Å². The van der Waals surface area contributed by atoms with Gasteiger partial charge in [0.15, 0.2) is 0 Å². The Bertz CT molecular complexity index is 464. The highest BCUT2D eigenvalue weighted by atomic mass is 16.5.